The molecule has 0 atom stereocenters. The summed E-state index contributed by atoms with van der Waals surface area (Å²) in [5, 5.41) is 6.72. The van der Waals surface area contributed by atoms with Crippen LogP contribution in [-0.2, 0) is 4.79 Å². The van der Waals surface area contributed by atoms with Gasteiger partial charge in [0.25, 0.3) is 11.8 Å². The van der Waals surface area contributed by atoms with E-state index in [1.54, 1.807) is 48.5 Å². The Bertz CT molecular complexity index is 1240. The van der Waals surface area contributed by atoms with Gasteiger partial charge in [-0.25, -0.2) is 5.43 Å². The smallest absolute Gasteiger partial charge is 0.287 e. The number of hydrogen-bond acceptors (Lipinski definition) is 6. The van der Waals surface area contributed by atoms with Crippen molar-refractivity contribution >= 4 is 29.8 Å². The lowest BCUT2D eigenvalue weighted by molar-refractivity contribution is -0.117. The van der Waals surface area contributed by atoms with E-state index in [0.717, 1.165) is 16.8 Å². The highest BCUT2D eigenvalue weighted by molar-refractivity contribution is 6.05. The van der Waals surface area contributed by atoms with Crippen molar-refractivity contribution in [2.45, 2.75) is 0 Å². The summed E-state index contributed by atoms with van der Waals surface area (Å²) in [6.07, 6.45) is 3.09. The minimum Gasteiger partial charge on any atom is -0.454 e. The molecule has 0 fully saturated rings. The predicted molar refractivity (Wildman–Crippen MR) is 131 cm³/mol. The number of carbonyl (C=O) groups excluding carboxylic acids is 2. The number of nitrogens with one attached hydrogen (secondary N) is 2. The van der Waals surface area contributed by atoms with Crippen LogP contribution in [0.1, 0.15) is 21.5 Å². The van der Waals surface area contributed by atoms with Crippen molar-refractivity contribution in [1.82, 2.24) is 10.7 Å². The minimum atomic E-state index is -0.557. The first-order chi connectivity index (χ1) is 16.5. The lowest BCUT2D eigenvalue weighted by atomic mass is 10.1. The summed E-state index contributed by atoms with van der Waals surface area (Å²) < 4.78 is 10.6. The summed E-state index contributed by atoms with van der Waals surface area (Å²) >= 11 is 0. The third-order valence-electron chi connectivity index (χ3n) is 5.03. The van der Waals surface area contributed by atoms with Gasteiger partial charge in [-0.2, -0.15) is 5.10 Å². The number of ether oxygens (including phenoxy) is 2. The molecule has 0 bridgehead atoms. The summed E-state index contributed by atoms with van der Waals surface area (Å²) in [7, 11) is 3.89. The monoisotopic (exact) mass is 456 g/mol. The molecule has 0 spiro atoms. The molecule has 4 rings (SSSR count). The van der Waals surface area contributed by atoms with E-state index >= 15 is 0 Å². The fourth-order valence-electron chi connectivity index (χ4n) is 3.20. The lowest BCUT2D eigenvalue weighted by Crippen LogP contribution is -2.32. The van der Waals surface area contributed by atoms with E-state index in [4.69, 9.17) is 9.47 Å². The number of carbonyl (C=O) groups is 2. The summed E-state index contributed by atoms with van der Waals surface area (Å²) in [6.45, 7) is 0.178. The number of fused-ring (bicyclic) bond motifs is 1. The number of hydrazone groups is 1. The number of rotatable bonds is 7. The first kappa shape index (κ1) is 22.6. The second-order valence-corrected chi connectivity index (χ2v) is 7.68. The van der Waals surface area contributed by atoms with Crippen LogP contribution in [-0.4, -0.2) is 38.9 Å². The van der Waals surface area contributed by atoms with Crippen molar-refractivity contribution in [2.24, 2.45) is 5.10 Å². The Hall–Kier alpha value is -4.59. The number of anilines is 1. The standard InChI is InChI=1S/C26H24N4O4/c1-30(2)21-11-8-18(9-12-21)14-22(28-25(31)20-6-4-3-5-7-20)26(32)29-27-16-19-10-13-23-24(15-19)34-17-33-23/h3-16H,17H2,1-2H3,(H,28,31)(H,29,32)/b22-14-,27-16+. The molecule has 0 radical (unpaired) electrons. The van der Waals surface area contributed by atoms with Crippen LogP contribution in [0.5, 0.6) is 11.5 Å². The van der Waals surface area contributed by atoms with E-state index in [2.05, 4.69) is 15.8 Å². The first-order valence-corrected chi connectivity index (χ1v) is 10.6. The third kappa shape index (κ3) is 5.60. The Balaban J connectivity index is 1.52. The van der Waals surface area contributed by atoms with Crippen LogP contribution < -0.4 is 25.1 Å². The molecule has 8 nitrogen and oxygen atoms in total. The molecule has 2 N–H and O–H groups in total. The van der Waals surface area contributed by atoms with Gasteiger partial charge in [-0.15, -0.1) is 0 Å². The Labute approximate surface area is 197 Å². The highest BCUT2D eigenvalue weighted by atomic mass is 16.7. The molecule has 0 saturated carbocycles. The first-order valence-electron chi connectivity index (χ1n) is 10.6. The molecule has 0 aliphatic carbocycles. The average Bonchev–Trinajstić information content (AvgIpc) is 3.32. The van der Waals surface area contributed by atoms with E-state index in [1.807, 2.05) is 49.3 Å². The van der Waals surface area contributed by atoms with Crippen LogP contribution in [0.2, 0.25) is 0 Å². The second-order valence-electron chi connectivity index (χ2n) is 7.68. The molecule has 3 aromatic carbocycles. The summed E-state index contributed by atoms with van der Waals surface area (Å²) in [5.74, 6) is 0.326. The van der Waals surface area contributed by atoms with E-state index in [0.29, 0.717) is 17.1 Å². The molecule has 1 heterocycles. The van der Waals surface area contributed by atoms with Crippen molar-refractivity contribution in [2.75, 3.05) is 25.8 Å². The van der Waals surface area contributed by atoms with Crippen molar-refractivity contribution in [3.63, 3.8) is 0 Å². The van der Waals surface area contributed by atoms with Gasteiger partial charge in [-0.3, -0.25) is 9.59 Å². The van der Waals surface area contributed by atoms with Crippen LogP contribution in [0, 0.1) is 0 Å². The predicted octanol–water partition coefficient (Wildman–Crippen LogP) is 3.40. The molecular weight excluding hydrogens is 432 g/mol. The van der Waals surface area contributed by atoms with Crippen molar-refractivity contribution in [3.05, 3.63) is 95.2 Å². The lowest BCUT2D eigenvalue weighted by Gasteiger charge is -2.12. The number of nitrogens with zero attached hydrogens (tertiary/aromatic N) is 2. The molecule has 3 aromatic rings. The van der Waals surface area contributed by atoms with Gasteiger partial charge < -0.3 is 19.7 Å². The second kappa shape index (κ2) is 10.4. The minimum absolute atomic E-state index is 0.0642. The van der Waals surface area contributed by atoms with Crippen LogP contribution in [0.3, 0.4) is 0 Å². The van der Waals surface area contributed by atoms with Gasteiger partial charge in [-0.05, 0) is 59.7 Å². The molecule has 8 heteroatoms. The number of benzene rings is 3. The van der Waals surface area contributed by atoms with Crippen LogP contribution >= 0.6 is 0 Å². The molecule has 0 aromatic heterocycles. The van der Waals surface area contributed by atoms with Gasteiger partial charge in [0.15, 0.2) is 11.5 Å². The van der Waals surface area contributed by atoms with Gasteiger partial charge in [0.05, 0.1) is 6.21 Å². The maximum Gasteiger partial charge on any atom is 0.287 e. The van der Waals surface area contributed by atoms with Gasteiger partial charge in [0.2, 0.25) is 6.79 Å². The molecule has 0 saturated heterocycles. The van der Waals surface area contributed by atoms with E-state index in [1.165, 1.54) is 6.21 Å². The SMILES string of the molecule is CN(C)c1ccc(/C=C(\NC(=O)c2ccccc2)C(=O)N/N=C/c2ccc3c(c2)OCO3)cc1. The zero-order valence-electron chi connectivity index (χ0n) is 18.8. The van der Waals surface area contributed by atoms with Crippen molar-refractivity contribution in [3.8, 4) is 11.5 Å². The zero-order valence-corrected chi connectivity index (χ0v) is 18.8. The zero-order chi connectivity index (χ0) is 23.9. The third-order valence-corrected chi connectivity index (χ3v) is 5.03. The summed E-state index contributed by atoms with van der Waals surface area (Å²) in [5.41, 5.74) is 5.47. The van der Waals surface area contributed by atoms with Crippen LogP contribution in [0.15, 0.2) is 83.6 Å². The average molecular weight is 457 g/mol. The van der Waals surface area contributed by atoms with Gasteiger partial charge in [-0.1, -0.05) is 30.3 Å². The highest BCUT2D eigenvalue weighted by Gasteiger charge is 2.15. The molecule has 34 heavy (non-hydrogen) atoms. The molecule has 1 aliphatic heterocycles. The molecule has 0 unspecified atom stereocenters. The topological polar surface area (TPSA) is 92.3 Å². The maximum absolute atomic E-state index is 12.9. The maximum atomic E-state index is 12.9. The largest absolute Gasteiger partial charge is 0.454 e. The summed E-state index contributed by atoms with van der Waals surface area (Å²) in [6, 6.07) is 21.6. The van der Waals surface area contributed by atoms with Crippen LogP contribution in [0.25, 0.3) is 6.08 Å². The Morgan fingerprint density at radius 2 is 1.62 bits per heavy atom. The Morgan fingerprint density at radius 1 is 0.912 bits per heavy atom. The quantitative estimate of drug-likeness (QED) is 0.323. The molecule has 172 valence electrons. The molecular formula is C26H24N4O4. The van der Waals surface area contributed by atoms with Gasteiger partial charge in [0.1, 0.15) is 5.70 Å². The van der Waals surface area contributed by atoms with Crippen molar-refractivity contribution in [1.29, 1.82) is 0 Å². The summed E-state index contributed by atoms with van der Waals surface area (Å²) in [4.78, 5) is 27.6. The van der Waals surface area contributed by atoms with E-state index in [-0.39, 0.29) is 12.5 Å². The van der Waals surface area contributed by atoms with E-state index < -0.39 is 11.8 Å². The van der Waals surface area contributed by atoms with Crippen LogP contribution in [0.4, 0.5) is 5.69 Å². The van der Waals surface area contributed by atoms with Crippen molar-refractivity contribution < 1.29 is 19.1 Å². The highest BCUT2D eigenvalue weighted by Crippen LogP contribution is 2.31. The number of amides is 2. The molecule has 2 amide bonds. The Kier molecular flexibility index (Phi) is 6.88. The van der Waals surface area contributed by atoms with Gasteiger partial charge >= 0.3 is 0 Å². The Morgan fingerprint density at radius 3 is 2.35 bits per heavy atom. The normalized spacial score (nSPS) is 12.5. The van der Waals surface area contributed by atoms with Gasteiger partial charge in [0, 0.05) is 25.3 Å². The number of hydrogen-bond donors (Lipinski definition) is 2. The molecule has 1 aliphatic rings. The van der Waals surface area contributed by atoms with E-state index in [9.17, 15) is 9.59 Å². The fraction of sp³-hybridized carbons (Fsp3) is 0.115. The fourth-order valence-corrected chi connectivity index (χ4v) is 3.20.